The molecule has 6 nitrogen and oxygen atoms in total. The van der Waals surface area contributed by atoms with Crippen molar-refractivity contribution in [2.75, 3.05) is 4.90 Å². The van der Waals surface area contributed by atoms with Gasteiger partial charge in [0, 0.05) is 29.4 Å². The summed E-state index contributed by atoms with van der Waals surface area (Å²) < 4.78 is 8.51. The van der Waals surface area contributed by atoms with Gasteiger partial charge in [0.05, 0.1) is 27.3 Å². The third-order valence-corrected chi connectivity index (χ3v) is 8.08. The number of para-hydroxylation sites is 2. The topological polar surface area (TPSA) is 56.1 Å². The normalized spacial score (nSPS) is 12.7. The van der Waals surface area contributed by atoms with Crippen molar-refractivity contribution in [2.24, 2.45) is 0 Å². The maximum atomic E-state index is 6.43. The van der Waals surface area contributed by atoms with Crippen LogP contribution in [-0.2, 0) is 5.41 Å². The summed E-state index contributed by atoms with van der Waals surface area (Å²) >= 11 is 1.71. The van der Waals surface area contributed by atoms with Crippen molar-refractivity contribution in [1.29, 1.82) is 0 Å². The molecule has 0 saturated carbocycles. The van der Waals surface area contributed by atoms with Crippen LogP contribution in [0.3, 0.4) is 0 Å². The monoisotopic (exact) mass is 541 g/mol. The van der Waals surface area contributed by atoms with Gasteiger partial charge in [0.1, 0.15) is 23.6 Å². The first-order valence-electron chi connectivity index (χ1n) is 13.2. The average Bonchev–Trinajstić information content (AvgIpc) is 3.40. The highest BCUT2D eigenvalue weighted by atomic mass is 32.2. The van der Waals surface area contributed by atoms with Gasteiger partial charge in [-0.25, -0.2) is 15.0 Å². The molecule has 0 saturated heterocycles. The van der Waals surface area contributed by atoms with Crippen LogP contribution in [-0.4, -0.2) is 19.5 Å². The molecule has 40 heavy (non-hydrogen) atoms. The third kappa shape index (κ3) is 4.38. The number of nitrogens with zero attached hydrogens (tertiary/aromatic N) is 5. The lowest BCUT2D eigenvalue weighted by Crippen LogP contribution is -2.19. The van der Waals surface area contributed by atoms with Gasteiger partial charge in [-0.2, -0.15) is 0 Å². The second-order valence-electron chi connectivity index (χ2n) is 10.7. The van der Waals surface area contributed by atoms with Crippen molar-refractivity contribution in [2.45, 2.75) is 36.0 Å². The van der Waals surface area contributed by atoms with Crippen molar-refractivity contribution in [3.05, 3.63) is 115 Å². The molecule has 1 aliphatic heterocycles. The van der Waals surface area contributed by atoms with E-state index in [0.29, 0.717) is 0 Å². The van der Waals surface area contributed by atoms with Crippen molar-refractivity contribution in [1.82, 2.24) is 19.5 Å². The Hall–Kier alpha value is -4.62. The van der Waals surface area contributed by atoms with Crippen LogP contribution in [0.4, 0.5) is 17.3 Å². The summed E-state index contributed by atoms with van der Waals surface area (Å²) in [5, 5.41) is 0. The lowest BCUT2D eigenvalue weighted by molar-refractivity contribution is 0.482. The van der Waals surface area contributed by atoms with E-state index in [-0.39, 0.29) is 5.41 Å². The number of aromatic nitrogens is 4. The fraction of sp³-hybridized carbons (Fsp3) is 0.121. The highest BCUT2D eigenvalue weighted by Crippen LogP contribution is 2.51. The maximum Gasteiger partial charge on any atom is 0.152 e. The first kappa shape index (κ1) is 24.4. The van der Waals surface area contributed by atoms with E-state index in [1.807, 2.05) is 67.3 Å². The van der Waals surface area contributed by atoms with Crippen LogP contribution in [0.5, 0.6) is 11.5 Å². The van der Waals surface area contributed by atoms with Gasteiger partial charge < -0.3 is 4.74 Å². The Labute approximate surface area is 237 Å². The summed E-state index contributed by atoms with van der Waals surface area (Å²) in [6.07, 6.45) is 5.56. The van der Waals surface area contributed by atoms with Gasteiger partial charge in [0.15, 0.2) is 5.82 Å². The van der Waals surface area contributed by atoms with Crippen LogP contribution in [0.15, 0.2) is 120 Å². The first-order chi connectivity index (χ1) is 19.4. The third-order valence-electron chi connectivity index (χ3n) is 6.98. The van der Waals surface area contributed by atoms with Crippen LogP contribution in [0.1, 0.15) is 26.3 Å². The summed E-state index contributed by atoms with van der Waals surface area (Å²) in [4.78, 5) is 18.4. The van der Waals surface area contributed by atoms with Crippen molar-refractivity contribution in [3.63, 3.8) is 0 Å². The molecule has 0 spiro atoms. The summed E-state index contributed by atoms with van der Waals surface area (Å²) in [6.45, 7) is 6.64. The molecule has 0 amide bonds. The number of hydrogen-bond donors (Lipinski definition) is 0. The average molecular weight is 542 g/mol. The predicted octanol–water partition coefficient (Wildman–Crippen LogP) is 8.84. The van der Waals surface area contributed by atoms with Crippen molar-refractivity contribution >= 4 is 40.1 Å². The molecule has 0 bridgehead atoms. The van der Waals surface area contributed by atoms with Crippen molar-refractivity contribution < 1.29 is 4.74 Å². The Bertz CT molecular complexity index is 1870. The predicted molar refractivity (Wildman–Crippen MR) is 161 cm³/mol. The van der Waals surface area contributed by atoms with E-state index in [4.69, 9.17) is 14.7 Å². The van der Waals surface area contributed by atoms with E-state index < -0.39 is 0 Å². The molecule has 0 aliphatic carbocycles. The number of benzene rings is 3. The van der Waals surface area contributed by atoms with Crippen LogP contribution >= 0.6 is 11.8 Å². The van der Waals surface area contributed by atoms with Crippen LogP contribution in [0.25, 0.3) is 16.7 Å². The number of hydrogen-bond acceptors (Lipinski definition) is 6. The Morgan fingerprint density at radius 2 is 1.60 bits per heavy atom. The highest BCUT2D eigenvalue weighted by molar-refractivity contribution is 7.99. The molecule has 7 heteroatoms. The van der Waals surface area contributed by atoms with E-state index in [1.165, 1.54) is 5.56 Å². The standard InChI is InChI=1S/C33H27N5OS/c1-33(2,3)22-15-17-34-31(18-22)38-28-20-25(13-14-29(28)40-30-12-7-16-35-32(30)38)39-24-9-6-8-23(19-24)37-21-36-26-10-4-5-11-27(26)37/h4-21H,1-3H3. The number of anilines is 3. The molecule has 3 aromatic heterocycles. The molecule has 1 aliphatic rings. The molecule has 0 fully saturated rings. The highest BCUT2D eigenvalue weighted by Gasteiger charge is 2.28. The zero-order valence-corrected chi connectivity index (χ0v) is 23.3. The van der Waals surface area contributed by atoms with E-state index in [1.54, 1.807) is 11.8 Å². The molecular formula is C33H27N5OS. The van der Waals surface area contributed by atoms with Crippen LogP contribution in [0, 0.1) is 0 Å². The molecule has 6 aromatic rings. The van der Waals surface area contributed by atoms with Gasteiger partial charge >= 0.3 is 0 Å². The number of pyridine rings is 2. The zero-order valence-electron chi connectivity index (χ0n) is 22.4. The first-order valence-corrected chi connectivity index (χ1v) is 14.0. The quantitative estimate of drug-likeness (QED) is 0.222. The van der Waals surface area contributed by atoms with E-state index >= 15 is 0 Å². The maximum absolute atomic E-state index is 6.43. The number of imidazole rings is 1. The minimum absolute atomic E-state index is 0.00541. The van der Waals surface area contributed by atoms with Crippen molar-refractivity contribution in [3.8, 4) is 17.2 Å². The summed E-state index contributed by atoms with van der Waals surface area (Å²) in [5.41, 5.74) is 5.20. The Balaban J connectivity index is 1.27. The van der Waals surface area contributed by atoms with Gasteiger partial charge in [0.25, 0.3) is 0 Å². The molecule has 3 aromatic carbocycles. The van der Waals surface area contributed by atoms with Gasteiger partial charge in [-0.3, -0.25) is 9.47 Å². The van der Waals surface area contributed by atoms with Crippen LogP contribution in [0.2, 0.25) is 0 Å². The van der Waals surface area contributed by atoms with Gasteiger partial charge in [-0.05, 0) is 71.6 Å². The molecule has 0 radical (unpaired) electrons. The molecule has 0 unspecified atom stereocenters. The second kappa shape index (κ2) is 9.54. The number of fused-ring (bicyclic) bond motifs is 3. The molecule has 196 valence electrons. The number of rotatable bonds is 4. The summed E-state index contributed by atoms with van der Waals surface area (Å²) in [7, 11) is 0. The minimum atomic E-state index is -0.00541. The summed E-state index contributed by atoms with van der Waals surface area (Å²) in [6, 6.07) is 30.7. The minimum Gasteiger partial charge on any atom is -0.457 e. The fourth-order valence-corrected chi connectivity index (χ4v) is 5.93. The smallest absolute Gasteiger partial charge is 0.152 e. The van der Waals surface area contributed by atoms with Gasteiger partial charge in [-0.1, -0.05) is 50.7 Å². The Morgan fingerprint density at radius 3 is 2.50 bits per heavy atom. The Kier molecular flexibility index (Phi) is 5.82. The van der Waals surface area contributed by atoms with E-state index in [9.17, 15) is 0 Å². The second-order valence-corrected chi connectivity index (χ2v) is 11.8. The van der Waals surface area contributed by atoms with Crippen LogP contribution < -0.4 is 9.64 Å². The van der Waals surface area contributed by atoms with E-state index in [0.717, 1.165) is 55.3 Å². The lowest BCUT2D eigenvalue weighted by Gasteiger charge is -2.32. The molecule has 0 atom stereocenters. The van der Waals surface area contributed by atoms with Gasteiger partial charge in [0.2, 0.25) is 0 Å². The molecule has 0 N–H and O–H groups in total. The molecule has 4 heterocycles. The Morgan fingerprint density at radius 1 is 0.725 bits per heavy atom. The largest absolute Gasteiger partial charge is 0.457 e. The summed E-state index contributed by atoms with van der Waals surface area (Å²) in [5.74, 6) is 3.18. The SMILES string of the molecule is CC(C)(C)c1ccnc(N2c3cc(Oc4cccc(-n5cnc6ccccc65)c4)ccc3Sc3cccnc32)c1. The fourth-order valence-electron chi connectivity index (χ4n) is 4.92. The molecular weight excluding hydrogens is 514 g/mol. The van der Waals surface area contributed by atoms with Gasteiger partial charge in [-0.15, -0.1) is 0 Å². The zero-order chi connectivity index (χ0) is 27.3. The lowest BCUT2D eigenvalue weighted by atomic mass is 9.88. The number of ether oxygens (including phenoxy) is 1. The molecule has 7 rings (SSSR count). The van der Waals surface area contributed by atoms with E-state index in [2.05, 4.69) is 77.7 Å².